The maximum absolute atomic E-state index is 13.2. The van der Waals surface area contributed by atoms with E-state index in [9.17, 15) is 22.8 Å². The first-order valence-electron chi connectivity index (χ1n) is 5.51. The molecule has 0 spiro atoms. The number of H-pyrrole nitrogens is 1. The molecule has 5 nitrogen and oxygen atoms in total. The number of aryl methyl sites for hydroxylation is 1. The number of rotatable bonds is 2. The zero-order valence-corrected chi connectivity index (χ0v) is 10.2. The van der Waals surface area contributed by atoms with Crippen LogP contribution in [0.25, 0.3) is 10.9 Å². The monoisotopic (exact) mass is 286 g/mol. The molecule has 0 bridgehead atoms. The highest BCUT2D eigenvalue weighted by atomic mass is 19.4. The third-order valence-corrected chi connectivity index (χ3v) is 2.83. The van der Waals surface area contributed by atoms with Gasteiger partial charge in [-0.3, -0.25) is 14.6 Å². The first kappa shape index (κ1) is 14.0. The Morgan fingerprint density at radius 1 is 1.45 bits per heavy atom. The minimum atomic E-state index is -4.84. The highest BCUT2D eigenvalue weighted by Gasteiger charge is 2.38. The van der Waals surface area contributed by atoms with E-state index >= 15 is 0 Å². The molecule has 0 radical (unpaired) electrons. The molecule has 0 aromatic carbocycles. The number of hydrogen-bond acceptors (Lipinski definition) is 3. The van der Waals surface area contributed by atoms with Crippen LogP contribution < -0.4 is 5.56 Å². The van der Waals surface area contributed by atoms with E-state index in [1.54, 1.807) is 0 Å². The number of nitrogens with one attached hydrogen (secondary N) is 1. The molecule has 106 valence electrons. The molecule has 0 saturated carbocycles. The Morgan fingerprint density at radius 3 is 2.65 bits per heavy atom. The van der Waals surface area contributed by atoms with Gasteiger partial charge in [-0.1, -0.05) is 0 Å². The van der Waals surface area contributed by atoms with Crippen LogP contribution in [-0.2, 0) is 17.4 Å². The molecule has 2 aromatic heterocycles. The summed E-state index contributed by atoms with van der Waals surface area (Å²) in [7, 11) is 0. The number of fused-ring (bicyclic) bond motifs is 1. The number of alkyl halides is 3. The predicted octanol–water partition coefficient (Wildman–Crippen LogP) is 1.88. The number of halogens is 3. The molecule has 0 saturated heterocycles. The van der Waals surface area contributed by atoms with Crippen LogP contribution >= 0.6 is 0 Å². The van der Waals surface area contributed by atoms with Crippen molar-refractivity contribution in [1.29, 1.82) is 0 Å². The summed E-state index contributed by atoms with van der Waals surface area (Å²) >= 11 is 0. The summed E-state index contributed by atoms with van der Waals surface area (Å²) in [6.07, 6.45) is -4.58. The molecular formula is C12H9F3N2O3. The van der Waals surface area contributed by atoms with Crippen molar-refractivity contribution in [3.05, 3.63) is 39.4 Å². The van der Waals surface area contributed by atoms with Crippen molar-refractivity contribution in [3.8, 4) is 0 Å². The van der Waals surface area contributed by atoms with Crippen molar-refractivity contribution in [3.63, 3.8) is 0 Å². The van der Waals surface area contributed by atoms with E-state index in [2.05, 4.69) is 9.97 Å². The fraction of sp³-hybridized carbons (Fsp3) is 0.250. The molecule has 20 heavy (non-hydrogen) atoms. The largest absolute Gasteiger partial charge is 0.481 e. The van der Waals surface area contributed by atoms with Crippen LogP contribution in [0.2, 0.25) is 0 Å². The van der Waals surface area contributed by atoms with Crippen LogP contribution in [0.1, 0.15) is 16.8 Å². The molecule has 0 aliphatic carbocycles. The van der Waals surface area contributed by atoms with Crippen molar-refractivity contribution >= 4 is 16.9 Å². The lowest BCUT2D eigenvalue weighted by atomic mass is 10.00. The van der Waals surface area contributed by atoms with Gasteiger partial charge >= 0.3 is 12.1 Å². The second-order valence-electron chi connectivity index (χ2n) is 4.19. The first-order chi connectivity index (χ1) is 9.21. The fourth-order valence-electron chi connectivity index (χ4n) is 2.08. The number of carbonyl (C=O) groups is 1. The summed E-state index contributed by atoms with van der Waals surface area (Å²) in [5.41, 5.74) is -3.06. The number of pyridine rings is 2. The number of aromatic amines is 1. The standard InChI is InChI=1S/C12H9F3N2O3/c1-5-9-7(2-3-16-5)17-11(20)6(4-8(18)19)10(9)12(13,14)15/h2-3H,4H2,1H3,(H,17,20)(H,18,19). The molecule has 0 amide bonds. The number of aliphatic carboxylic acids is 1. The summed E-state index contributed by atoms with van der Waals surface area (Å²) in [6.45, 7) is 1.36. The second kappa shape index (κ2) is 4.62. The number of carboxylic acids is 1. The predicted molar refractivity (Wildman–Crippen MR) is 63.4 cm³/mol. The Labute approximate surface area is 110 Å². The Balaban J connectivity index is 2.98. The van der Waals surface area contributed by atoms with E-state index in [4.69, 9.17) is 5.11 Å². The van der Waals surface area contributed by atoms with Crippen LogP contribution in [0, 0.1) is 6.92 Å². The second-order valence-corrected chi connectivity index (χ2v) is 4.19. The van der Waals surface area contributed by atoms with E-state index in [-0.39, 0.29) is 16.6 Å². The lowest BCUT2D eigenvalue weighted by molar-refractivity contribution is -0.139. The molecule has 2 rings (SSSR count). The molecular weight excluding hydrogens is 277 g/mol. The van der Waals surface area contributed by atoms with Crippen molar-refractivity contribution in [1.82, 2.24) is 9.97 Å². The molecule has 2 N–H and O–H groups in total. The van der Waals surface area contributed by atoms with Gasteiger partial charge in [0.1, 0.15) is 0 Å². The van der Waals surface area contributed by atoms with Crippen molar-refractivity contribution < 1.29 is 23.1 Å². The summed E-state index contributed by atoms with van der Waals surface area (Å²) < 4.78 is 39.6. The lowest BCUT2D eigenvalue weighted by Gasteiger charge is -2.15. The van der Waals surface area contributed by atoms with Gasteiger partial charge in [0.2, 0.25) is 0 Å². The lowest BCUT2D eigenvalue weighted by Crippen LogP contribution is -2.24. The minimum Gasteiger partial charge on any atom is -0.481 e. The summed E-state index contributed by atoms with van der Waals surface area (Å²) in [6, 6.07) is 1.24. The minimum absolute atomic E-state index is 0.0241. The molecule has 2 heterocycles. The molecule has 0 fully saturated rings. The number of aromatic nitrogens is 2. The topological polar surface area (TPSA) is 83.0 Å². The smallest absolute Gasteiger partial charge is 0.417 e. The van der Waals surface area contributed by atoms with Crippen LogP contribution in [0.4, 0.5) is 13.2 Å². The van der Waals surface area contributed by atoms with Crippen LogP contribution in [0.3, 0.4) is 0 Å². The maximum atomic E-state index is 13.2. The van der Waals surface area contributed by atoms with Crippen molar-refractivity contribution in [2.75, 3.05) is 0 Å². The molecule has 0 aliphatic heterocycles. The van der Waals surface area contributed by atoms with Crippen LogP contribution in [0.5, 0.6) is 0 Å². The van der Waals surface area contributed by atoms with Gasteiger partial charge in [-0.25, -0.2) is 0 Å². The summed E-state index contributed by atoms with van der Waals surface area (Å²) in [5, 5.41) is 8.41. The van der Waals surface area contributed by atoms with Gasteiger partial charge in [-0.2, -0.15) is 13.2 Å². The Bertz CT molecular complexity index is 750. The Hall–Kier alpha value is -2.38. The quantitative estimate of drug-likeness (QED) is 0.883. The van der Waals surface area contributed by atoms with E-state index in [1.165, 1.54) is 19.2 Å². The van der Waals surface area contributed by atoms with Gasteiger partial charge in [-0.05, 0) is 13.0 Å². The van der Waals surface area contributed by atoms with Gasteiger partial charge in [0, 0.05) is 22.8 Å². The van der Waals surface area contributed by atoms with Crippen molar-refractivity contribution in [2.45, 2.75) is 19.5 Å². The van der Waals surface area contributed by atoms with E-state index in [0.29, 0.717) is 0 Å². The van der Waals surface area contributed by atoms with Crippen LogP contribution in [-0.4, -0.2) is 21.0 Å². The molecule has 2 aromatic rings. The van der Waals surface area contributed by atoms with Gasteiger partial charge < -0.3 is 10.1 Å². The van der Waals surface area contributed by atoms with Gasteiger partial charge in [-0.15, -0.1) is 0 Å². The SMILES string of the molecule is Cc1nccc2[nH]c(=O)c(CC(=O)O)c(C(F)(F)F)c12. The third kappa shape index (κ3) is 2.36. The summed E-state index contributed by atoms with van der Waals surface area (Å²) in [5.74, 6) is -1.51. The molecule has 0 atom stereocenters. The van der Waals surface area contributed by atoms with Gasteiger partial charge in [0.15, 0.2) is 0 Å². The van der Waals surface area contributed by atoms with Crippen LogP contribution in [0.15, 0.2) is 17.1 Å². The summed E-state index contributed by atoms with van der Waals surface area (Å²) in [4.78, 5) is 28.4. The molecule has 8 heteroatoms. The molecule has 0 unspecified atom stereocenters. The van der Waals surface area contributed by atoms with E-state index < -0.39 is 35.3 Å². The fourth-order valence-corrected chi connectivity index (χ4v) is 2.08. The van der Waals surface area contributed by atoms with Crippen molar-refractivity contribution in [2.24, 2.45) is 0 Å². The maximum Gasteiger partial charge on any atom is 0.417 e. The number of carboxylic acid groups (broad SMARTS) is 1. The zero-order chi connectivity index (χ0) is 15.1. The number of hydrogen-bond donors (Lipinski definition) is 2. The normalized spacial score (nSPS) is 11.8. The Kier molecular flexibility index (Phi) is 3.24. The number of nitrogens with zero attached hydrogens (tertiary/aromatic N) is 1. The average molecular weight is 286 g/mol. The van der Waals surface area contributed by atoms with Gasteiger partial charge in [0.05, 0.1) is 17.5 Å². The van der Waals surface area contributed by atoms with E-state index in [0.717, 1.165) is 0 Å². The third-order valence-electron chi connectivity index (χ3n) is 2.83. The van der Waals surface area contributed by atoms with Gasteiger partial charge in [0.25, 0.3) is 5.56 Å². The Morgan fingerprint density at radius 2 is 2.10 bits per heavy atom. The zero-order valence-electron chi connectivity index (χ0n) is 10.2. The molecule has 0 aliphatic rings. The highest BCUT2D eigenvalue weighted by Crippen LogP contribution is 2.36. The average Bonchev–Trinajstić information content (AvgIpc) is 2.28. The first-order valence-corrected chi connectivity index (χ1v) is 5.51. The highest BCUT2D eigenvalue weighted by molar-refractivity contribution is 5.86. The van der Waals surface area contributed by atoms with E-state index in [1.807, 2.05) is 0 Å².